The number of hydrogen-bond acceptors (Lipinski definition) is 4. The Kier molecular flexibility index (Phi) is 3.05. The zero-order valence-corrected chi connectivity index (χ0v) is 10.5. The molecule has 2 aromatic rings. The van der Waals surface area contributed by atoms with Crippen LogP contribution >= 0.6 is 0 Å². The molecule has 0 bridgehead atoms. The molecule has 1 aliphatic rings. The van der Waals surface area contributed by atoms with Gasteiger partial charge in [0.2, 0.25) is 5.91 Å². The second kappa shape index (κ2) is 4.85. The number of anilines is 1. The number of aromatic nitrogens is 1. The highest BCUT2D eigenvalue weighted by molar-refractivity contribution is 5.87. The molecule has 0 radical (unpaired) electrons. The molecular formula is C14H16N4O. The lowest BCUT2D eigenvalue weighted by Crippen LogP contribution is -2.57. The second-order valence-electron chi connectivity index (χ2n) is 4.70. The summed E-state index contributed by atoms with van der Waals surface area (Å²) in [6.45, 7) is 2.23. The second-order valence-corrected chi connectivity index (χ2v) is 4.70. The van der Waals surface area contributed by atoms with Crippen molar-refractivity contribution < 1.29 is 4.79 Å². The maximum Gasteiger partial charge on any atom is 0.241 e. The van der Waals surface area contributed by atoms with Gasteiger partial charge in [0.05, 0.1) is 5.52 Å². The van der Waals surface area contributed by atoms with Crippen molar-refractivity contribution in [1.82, 2.24) is 10.3 Å². The summed E-state index contributed by atoms with van der Waals surface area (Å²) >= 11 is 0. The van der Waals surface area contributed by atoms with Gasteiger partial charge in [0.1, 0.15) is 6.04 Å². The Balaban J connectivity index is 1.99. The molecule has 19 heavy (non-hydrogen) atoms. The van der Waals surface area contributed by atoms with E-state index >= 15 is 0 Å². The molecule has 1 aliphatic heterocycles. The van der Waals surface area contributed by atoms with Gasteiger partial charge >= 0.3 is 0 Å². The number of carbonyl (C=O) groups is 1. The molecule has 0 saturated carbocycles. The molecule has 5 heteroatoms. The smallest absolute Gasteiger partial charge is 0.241 e. The number of benzene rings is 1. The van der Waals surface area contributed by atoms with E-state index in [2.05, 4.69) is 21.3 Å². The van der Waals surface area contributed by atoms with E-state index in [1.54, 1.807) is 6.20 Å². The van der Waals surface area contributed by atoms with E-state index in [1.807, 2.05) is 24.3 Å². The number of nitrogens with zero attached hydrogens (tertiary/aromatic N) is 2. The number of amides is 1. The highest BCUT2D eigenvalue weighted by Crippen LogP contribution is 2.23. The number of nitrogens with two attached hydrogens (primary N) is 1. The van der Waals surface area contributed by atoms with Crippen molar-refractivity contribution in [1.29, 1.82) is 0 Å². The van der Waals surface area contributed by atoms with Crippen LogP contribution in [0.2, 0.25) is 0 Å². The van der Waals surface area contributed by atoms with Crippen LogP contribution in [0.4, 0.5) is 5.69 Å². The van der Waals surface area contributed by atoms with E-state index in [-0.39, 0.29) is 11.9 Å². The predicted molar refractivity (Wildman–Crippen MR) is 74.9 cm³/mol. The maximum atomic E-state index is 11.5. The van der Waals surface area contributed by atoms with Gasteiger partial charge in [-0.2, -0.15) is 0 Å². The molecule has 0 spiro atoms. The lowest BCUT2D eigenvalue weighted by molar-refractivity contribution is -0.119. The van der Waals surface area contributed by atoms with E-state index in [1.165, 1.54) is 0 Å². The Hall–Kier alpha value is -2.14. The summed E-state index contributed by atoms with van der Waals surface area (Å²) in [5.74, 6) is -0.293. The molecule has 3 rings (SSSR count). The van der Waals surface area contributed by atoms with Crippen molar-refractivity contribution in [2.45, 2.75) is 6.04 Å². The Labute approximate surface area is 111 Å². The molecule has 1 fully saturated rings. The van der Waals surface area contributed by atoms with Gasteiger partial charge in [0.25, 0.3) is 0 Å². The SMILES string of the molecule is NC(=O)C1CNCCN1c1ccc2ncccc2c1. The maximum absolute atomic E-state index is 11.5. The highest BCUT2D eigenvalue weighted by Gasteiger charge is 2.26. The van der Waals surface area contributed by atoms with E-state index in [0.717, 1.165) is 29.7 Å². The fraction of sp³-hybridized carbons (Fsp3) is 0.286. The van der Waals surface area contributed by atoms with Crippen LogP contribution in [0.1, 0.15) is 0 Å². The molecule has 5 nitrogen and oxygen atoms in total. The molecule has 1 saturated heterocycles. The van der Waals surface area contributed by atoms with Crippen molar-refractivity contribution in [2.75, 3.05) is 24.5 Å². The molecular weight excluding hydrogens is 240 g/mol. The van der Waals surface area contributed by atoms with Gasteiger partial charge in [-0.15, -0.1) is 0 Å². The van der Waals surface area contributed by atoms with Crippen molar-refractivity contribution >= 4 is 22.5 Å². The standard InChI is InChI=1S/C14H16N4O/c15-14(19)13-9-16-6-7-18(13)11-3-4-12-10(8-11)2-1-5-17-12/h1-5,8,13,16H,6-7,9H2,(H2,15,19). The summed E-state index contributed by atoms with van der Waals surface area (Å²) in [6, 6.07) is 9.68. The Morgan fingerprint density at radius 1 is 1.42 bits per heavy atom. The number of pyridine rings is 1. The minimum atomic E-state index is -0.293. The fourth-order valence-corrected chi connectivity index (χ4v) is 2.51. The van der Waals surface area contributed by atoms with Crippen LogP contribution in [-0.4, -0.2) is 36.6 Å². The third-order valence-electron chi connectivity index (χ3n) is 3.49. The molecule has 1 unspecified atom stereocenters. The van der Waals surface area contributed by atoms with Gasteiger partial charge in [-0.25, -0.2) is 0 Å². The summed E-state index contributed by atoms with van der Waals surface area (Å²) in [5, 5.41) is 4.27. The minimum absolute atomic E-state index is 0.289. The number of carbonyl (C=O) groups excluding carboxylic acids is 1. The van der Waals surface area contributed by atoms with Crippen LogP contribution in [0, 0.1) is 0 Å². The quantitative estimate of drug-likeness (QED) is 0.820. The number of piperazine rings is 1. The number of nitrogens with one attached hydrogen (secondary N) is 1. The van der Waals surface area contributed by atoms with Crippen LogP contribution in [0.3, 0.4) is 0 Å². The molecule has 1 aromatic heterocycles. The molecule has 0 aliphatic carbocycles. The average Bonchev–Trinajstić information content (AvgIpc) is 2.46. The average molecular weight is 256 g/mol. The number of rotatable bonds is 2. The van der Waals surface area contributed by atoms with Crippen molar-refractivity contribution in [3.63, 3.8) is 0 Å². The summed E-state index contributed by atoms with van der Waals surface area (Å²) < 4.78 is 0. The molecule has 1 aromatic carbocycles. The summed E-state index contributed by atoms with van der Waals surface area (Å²) in [5.41, 5.74) is 7.45. The van der Waals surface area contributed by atoms with Gasteiger partial charge < -0.3 is 16.0 Å². The summed E-state index contributed by atoms with van der Waals surface area (Å²) in [7, 11) is 0. The summed E-state index contributed by atoms with van der Waals surface area (Å²) in [4.78, 5) is 17.9. The lowest BCUT2D eigenvalue weighted by atomic mass is 10.1. The zero-order valence-electron chi connectivity index (χ0n) is 10.5. The van der Waals surface area contributed by atoms with E-state index in [9.17, 15) is 4.79 Å². The molecule has 98 valence electrons. The zero-order chi connectivity index (χ0) is 13.2. The Morgan fingerprint density at radius 2 is 2.32 bits per heavy atom. The predicted octanol–water partition coefficient (Wildman–Crippen LogP) is 0.498. The van der Waals surface area contributed by atoms with Crippen LogP contribution in [0.5, 0.6) is 0 Å². The van der Waals surface area contributed by atoms with Crippen LogP contribution in [0.25, 0.3) is 10.9 Å². The van der Waals surface area contributed by atoms with Crippen LogP contribution in [0.15, 0.2) is 36.5 Å². The van der Waals surface area contributed by atoms with E-state index < -0.39 is 0 Å². The topological polar surface area (TPSA) is 71.2 Å². The molecule has 1 atom stereocenters. The Morgan fingerprint density at radius 3 is 3.16 bits per heavy atom. The number of fused-ring (bicyclic) bond motifs is 1. The molecule has 1 amide bonds. The van der Waals surface area contributed by atoms with Gasteiger partial charge in [-0.3, -0.25) is 9.78 Å². The van der Waals surface area contributed by atoms with Gasteiger partial charge in [0, 0.05) is 36.9 Å². The Bertz CT molecular complexity index is 613. The van der Waals surface area contributed by atoms with Crippen LogP contribution in [-0.2, 0) is 4.79 Å². The van der Waals surface area contributed by atoms with E-state index in [4.69, 9.17) is 5.73 Å². The molecule has 2 heterocycles. The number of primary amides is 1. The minimum Gasteiger partial charge on any atom is -0.368 e. The highest BCUT2D eigenvalue weighted by atomic mass is 16.1. The monoisotopic (exact) mass is 256 g/mol. The number of hydrogen-bond donors (Lipinski definition) is 2. The van der Waals surface area contributed by atoms with Crippen molar-refractivity contribution in [3.05, 3.63) is 36.5 Å². The lowest BCUT2D eigenvalue weighted by Gasteiger charge is -2.36. The fourth-order valence-electron chi connectivity index (χ4n) is 2.51. The van der Waals surface area contributed by atoms with Crippen molar-refractivity contribution in [2.24, 2.45) is 5.73 Å². The largest absolute Gasteiger partial charge is 0.368 e. The third-order valence-corrected chi connectivity index (χ3v) is 3.49. The first-order valence-corrected chi connectivity index (χ1v) is 6.37. The van der Waals surface area contributed by atoms with Crippen LogP contribution < -0.4 is 16.0 Å². The summed E-state index contributed by atoms with van der Waals surface area (Å²) in [6.07, 6.45) is 1.78. The first-order chi connectivity index (χ1) is 9.25. The molecule has 3 N–H and O–H groups in total. The van der Waals surface area contributed by atoms with Crippen molar-refractivity contribution in [3.8, 4) is 0 Å². The normalized spacial score (nSPS) is 19.6. The van der Waals surface area contributed by atoms with Gasteiger partial charge in [0.15, 0.2) is 0 Å². The van der Waals surface area contributed by atoms with Gasteiger partial charge in [-0.1, -0.05) is 6.07 Å². The van der Waals surface area contributed by atoms with Gasteiger partial charge in [-0.05, 0) is 24.3 Å². The van der Waals surface area contributed by atoms with E-state index in [0.29, 0.717) is 6.54 Å². The first kappa shape index (κ1) is 11.9. The first-order valence-electron chi connectivity index (χ1n) is 6.37. The third kappa shape index (κ3) is 2.24.